The first-order valence-corrected chi connectivity index (χ1v) is 12.2. The molecule has 0 radical (unpaired) electrons. The van der Waals surface area contributed by atoms with Gasteiger partial charge in [0.2, 0.25) is 11.8 Å². The van der Waals surface area contributed by atoms with Gasteiger partial charge in [0.05, 0.1) is 24.1 Å². The lowest BCUT2D eigenvalue weighted by Crippen LogP contribution is -2.54. The van der Waals surface area contributed by atoms with Crippen LogP contribution in [0.25, 0.3) is 0 Å². The summed E-state index contributed by atoms with van der Waals surface area (Å²) in [6.45, 7) is 2.79. The summed E-state index contributed by atoms with van der Waals surface area (Å²) in [7, 11) is 1.79. The molecule has 2 aliphatic heterocycles. The molecule has 8 heteroatoms. The summed E-state index contributed by atoms with van der Waals surface area (Å²) in [5.74, 6) is 0.379. The molecule has 1 aliphatic carbocycles. The molecule has 3 atom stereocenters. The summed E-state index contributed by atoms with van der Waals surface area (Å²) < 4.78 is 12.2. The highest BCUT2D eigenvalue weighted by atomic mass is 16.5. The Labute approximate surface area is 195 Å². The van der Waals surface area contributed by atoms with Gasteiger partial charge < -0.3 is 25.0 Å². The number of amides is 3. The molecular formula is C25H35N3O5. The van der Waals surface area contributed by atoms with Gasteiger partial charge in [-0.05, 0) is 50.8 Å². The lowest BCUT2D eigenvalue weighted by molar-refractivity contribution is -0.134. The van der Waals surface area contributed by atoms with Crippen LogP contribution < -0.4 is 15.4 Å². The number of anilines is 1. The second-order valence-electron chi connectivity index (χ2n) is 9.36. The Morgan fingerprint density at radius 3 is 2.67 bits per heavy atom. The van der Waals surface area contributed by atoms with Crippen LogP contribution in [0.5, 0.6) is 5.75 Å². The average Bonchev–Trinajstić information content (AvgIpc) is 2.82. The Kier molecular flexibility index (Phi) is 7.53. The van der Waals surface area contributed by atoms with Crippen LogP contribution in [0.3, 0.4) is 0 Å². The zero-order valence-electron chi connectivity index (χ0n) is 19.6. The highest BCUT2D eigenvalue weighted by Gasteiger charge is 2.39. The smallest absolute Gasteiger partial charge is 0.257 e. The van der Waals surface area contributed by atoms with E-state index in [1.54, 1.807) is 30.1 Å². The molecule has 2 fully saturated rings. The van der Waals surface area contributed by atoms with Crippen molar-refractivity contribution in [3.63, 3.8) is 0 Å². The molecule has 180 valence electrons. The van der Waals surface area contributed by atoms with Crippen molar-refractivity contribution in [1.29, 1.82) is 0 Å². The van der Waals surface area contributed by atoms with Crippen LogP contribution in [0.2, 0.25) is 0 Å². The van der Waals surface area contributed by atoms with E-state index in [9.17, 15) is 14.4 Å². The SMILES string of the molecule is CCNC(=O)C[C@@H]1CC[C@@H]2[C@H](COc3ccc(NC(=O)C4CCCCC4)cc3C(=O)N2C)O1. The topological polar surface area (TPSA) is 97.0 Å². The number of likely N-dealkylation sites (N-methyl/N-ethyl adjacent to an activating group) is 1. The van der Waals surface area contributed by atoms with Crippen LogP contribution in [0.4, 0.5) is 5.69 Å². The number of benzene rings is 1. The molecule has 0 bridgehead atoms. The highest BCUT2D eigenvalue weighted by Crippen LogP contribution is 2.33. The molecule has 0 unspecified atom stereocenters. The second-order valence-corrected chi connectivity index (χ2v) is 9.36. The van der Waals surface area contributed by atoms with Crippen molar-refractivity contribution in [2.45, 2.75) is 76.5 Å². The number of rotatable bonds is 5. The van der Waals surface area contributed by atoms with Gasteiger partial charge in [0.25, 0.3) is 5.91 Å². The van der Waals surface area contributed by atoms with Gasteiger partial charge >= 0.3 is 0 Å². The van der Waals surface area contributed by atoms with Crippen molar-refractivity contribution in [3.05, 3.63) is 23.8 Å². The zero-order chi connectivity index (χ0) is 23.4. The molecule has 1 aromatic carbocycles. The van der Waals surface area contributed by atoms with Crippen molar-refractivity contribution >= 4 is 23.4 Å². The predicted octanol–water partition coefficient (Wildman–Crippen LogP) is 3.11. The predicted molar refractivity (Wildman–Crippen MR) is 124 cm³/mol. The molecule has 2 heterocycles. The van der Waals surface area contributed by atoms with E-state index in [-0.39, 0.29) is 41.9 Å². The second kappa shape index (κ2) is 10.5. The Bertz CT molecular complexity index is 883. The van der Waals surface area contributed by atoms with E-state index in [2.05, 4.69) is 10.6 Å². The normalized spacial score (nSPS) is 25.7. The first-order chi connectivity index (χ1) is 16.0. The molecule has 4 rings (SSSR count). The summed E-state index contributed by atoms with van der Waals surface area (Å²) in [4.78, 5) is 39.7. The molecule has 0 spiro atoms. The number of ether oxygens (including phenoxy) is 2. The lowest BCUT2D eigenvalue weighted by Gasteiger charge is -2.42. The fourth-order valence-corrected chi connectivity index (χ4v) is 5.19. The van der Waals surface area contributed by atoms with Gasteiger partial charge in [0.15, 0.2) is 0 Å². The van der Waals surface area contributed by atoms with Gasteiger partial charge in [0, 0.05) is 25.2 Å². The number of nitrogens with one attached hydrogen (secondary N) is 2. The van der Waals surface area contributed by atoms with Crippen LogP contribution in [0.1, 0.15) is 68.6 Å². The van der Waals surface area contributed by atoms with E-state index in [1.807, 2.05) is 6.92 Å². The van der Waals surface area contributed by atoms with Crippen molar-refractivity contribution in [2.24, 2.45) is 5.92 Å². The quantitative estimate of drug-likeness (QED) is 0.708. The number of fused-ring (bicyclic) bond motifs is 2. The first-order valence-electron chi connectivity index (χ1n) is 12.2. The molecular weight excluding hydrogens is 422 g/mol. The van der Waals surface area contributed by atoms with Gasteiger partial charge in [-0.1, -0.05) is 19.3 Å². The van der Waals surface area contributed by atoms with E-state index >= 15 is 0 Å². The lowest BCUT2D eigenvalue weighted by atomic mass is 9.88. The molecule has 0 aromatic heterocycles. The fraction of sp³-hybridized carbons (Fsp3) is 0.640. The standard InChI is InChI=1S/C25H35N3O5/c1-3-26-23(29)14-18-10-11-20-22(33-18)15-32-21-12-9-17(13-19(21)25(31)28(20)2)27-24(30)16-7-5-4-6-8-16/h9,12-13,16,18,20,22H,3-8,10-11,14-15H2,1-2H3,(H,26,29)(H,27,30)/t18-,20+,22-/m0/s1. The Morgan fingerprint density at radius 2 is 1.91 bits per heavy atom. The molecule has 1 saturated carbocycles. The van der Waals surface area contributed by atoms with Crippen molar-refractivity contribution < 1.29 is 23.9 Å². The molecule has 3 amide bonds. The van der Waals surface area contributed by atoms with E-state index in [0.717, 1.165) is 32.1 Å². The number of nitrogens with zero attached hydrogens (tertiary/aromatic N) is 1. The first kappa shape index (κ1) is 23.5. The maximum absolute atomic E-state index is 13.3. The summed E-state index contributed by atoms with van der Waals surface area (Å²) in [5, 5.41) is 5.81. The van der Waals surface area contributed by atoms with Crippen LogP contribution in [0.15, 0.2) is 18.2 Å². The molecule has 1 aromatic rings. The summed E-state index contributed by atoms with van der Waals surface area (Å²) in [5.41, 5.74) is 1.07. The summed E-state index contributed by atoms with van der Waals surface area (Å²) in [6, 6.07) is 5.12. The van der Waals surface area contributed by atoms with Gasteiger partial charge in [-0.2, -0.15) is 0 Å². The van der Waals surface area contributed by atoms with Gasteiger partial charge in [0.1, 0.15) is 18.5 Å². The van der Waals surface area contributed by atoms with Crippen molar-refractivity contribution in [2.75, 3.05) is 25.5 Å². The minimum atomic E-state index is -0.300. The van der Waals surface area contributed by atoms with Gasteiger partial charge in [-0.15, -0.1) is 0 Å². The fourth-order valence-electron chi connectivity index (χ4n) is 5.19. The Balaban J connectivity index is 1.46. The Morgan fingerprint density at radius 1 is 1.12 bits per heavy atom. The average molecular weight is 458 g/mol. The third-order valence-corrected chi connectivity index (χ3v) is 7.04. The van der Waals surface area contributed by atoms with E-state index < -0.39 is 0 Å². The van der Waals surface area contributed by atoms with Crippen molar-refractivity contribution in [1.82, 2.24) is 10.2 Å². The van der Waals surface area contributed by atoms with E-state index in [4.69, 9.17) is 9.47 Å². The number of hydrogen-bond acceptors (Lipinski definition) is 5. The minimum absolute atomic E-state index is 0.0229. The number of hydrogen-bond donors (Lipinski definition) is 2. The zero-order valence-corrected chi connectivity index (χ0v) is 19.6. The van der Waals surface area contributed by atoms with Gasteiger partial charge in [-0.25, -0.2) is 0 Å². The molecule has 2 N–H and O–H groups in total. The van der Waals surface area contributed by atoms with E-state index in [1.165, 1.54) is 6.42 Å². The van der Waals surface area contributed by atoms with Crippen LogP contribution in [-0.2, 0) is 14.3 Å². The number of carbonyl (C=O) groups excluding carboxylic acids is 3. The third kappa shape index (κ3) is 5.49. The summed E-state index contributed by atoms with van der Waals surface area (Å²) in [6.07, 6.45) is 6.51. The molecule has 1 saturated heterocycles. The van der Waals surface area contributed by atoms with Gasteiger partial charge in [-0.3, -0.25) is 14.4 Å². The van der Waals surface area contributed by atoms with Crippen molar-refractivity contribution in [3.8, 4) is 5.75 Å². The van der Waals surface area contributed by atoms with Crippen LogP contribution in [-0.4, -0.2) is 61.1 Å². The van der Waals surface area contributed by atoms with E-state index in [0.29, 0.717) is 43.0 Å². The maximum Gasteiger partial charge on any atom is 0.257 e. The molecule has 3 aliphatic rings. The van der Waals surface area contributed by atoms with Crippen LogP contribution in [0, 0.1) is 5.92 Å². The maximum atomic E-state index is 13.3. The molecule has 33 heavy (non-hydrogen) atoms. The summed E-state index contributed by atoms with van der Waals surface area (Å²) >= 11 is 0. The third-order valence-electron chi connectivity index (χ3n) is 7.04. The number of carbonyl (C=O) groups is 3. The Hall–Kier alpha value is -2.61. The molecule has 8 nitrogen and oxygen atoms in total. The minimum Gasteiger partial charge on any atom is -0.490 e. The van der Waals surface area contributed by atoms with Crippen LogP contribution >= 0.6 is 0 Å². The largest absolute Gasteiger partial charge is 0.490 e. The highest BCUT2D eigenvalue weighted by molar-refractivity contribution is 6.00. The monoisotopic (exact) mass is 457 g/mol.